The van der Waals surface area contributed by atoms with E-state index in [0.717, 1.165) is 11.1 Å². The number of carbonyl (C=O) groups excluding carboxylic acids is 1. The summed E-state index contributed by atoms with van der Waals surface area (Å²) in [5.41, 5.74) is 2.02. The molecule has 3 nitrogen and oxygen atoms in total. The van der Waals surface area contributed by atoms with Crippen molar-refractivity contribution in [1.82, 2.24) is 10.2 Å². The van der Waals surface area contributed by atoms with Gasteiger partial charge >= 0.3 is 0 Å². The lowest BCUT2D eigenvalue weighted by Crippen LogP contribution is -2.04. The van der Waals surface area contributed by atoms with Crippen molar-refractivity contribution in [3.8, 4) is 0 Å². The van der Waals surface area contributed by atoms with Crippen LogP contribution >= 0.6 is 11.6 Å². The lowest BCUT2D eigenvalue weighted by atomic mass is 10.1. The predicted octanol–water partition coefficient (Wildman–Crippen LogP) is 1.95. The minimum absolute atomic E-state index is 0.0835. The van der Waals surface area contributed by atoms with Gasteiger partial charge in [0.15, 0.2) is 10.9 Å². The van der Waals surface area contributed by atoms with E-state index in [1.165, 1.54) is 6.92 Å². The highest BCUT2D eigenvalue weighted by Gasteiger charge is 2.10. The van der Waals surface area contributed by atoms with E-state index in [1.807, 2.05) is 13.8 Å². The van der Waals surface area contributed by atoms with Crippen molar-refractivity contribution in [2.75, 3.05) is 0 Å². The second kappa shape index (κ2) is 3.19. The van der Waals surface area contributed by atoms with E-state index in [2.05, 4.69) is 10.2 Å². The Hall–Kier alpha value is -0.960. The normalized spacial score (nSPS) is 10.0. The van der Waals surface area contributed by atoms with Crippen LogP contribution in [0.15, 0.2) is 0 Å². The molecule has 4 heteroatoms. The molecule has 12 heavy (non-hydrogen) atoms. The van der Waals surface area contributed by atoms with Gasteiger partial charge in [0.25, 0.3) is 0 Å². The lowest BCUT2D eigenvalue weighted by molar-refractivity contribution is 0.101. The predicted molar refractivity (Wildman–Crippen MR) is 46.5 cm³/mol. The van der Waals surface area contributed by atoms with E-state index in [0.29, 0.717) is 10.8 Å². The van der Waals surface area contributed by atoms with Gasteiger partial charge in [0, 0.05) is 6.92 Å². The third-order valence-electron chi connectivity index (χ3n) is 1.80. The van der Waals surface area contributed by atoms with Crippen LogP contribution in [-0.4, -0.2) is 16.0 Å². The minimum Gasteiger partial charge on any atom is -0.293 e. The molecule has 0 unspecified atom stereocenters. The van der Waals surface area contributed by atoms with Gasteiger partial charge in [-0.1, -0.05) is 11.6 Å². The van der Waals surface area contributed by atoms with Gasteiger partial charge < -0.3 is 0 Å². The first-order valence-electron chi connectivity index (χ1n) is 3.54. The fourth-order valence-electron chi connectivity index (χ4n) is 0.911. The summed E-state index contributed by atoms with van der Waals surface area (Å²) in [7, 11) is 0. The van der Waals surface area contributed by atoms with Crippen LogP contribution in [0.5, 0.6) is 0 Å². The van der Waals surface area contributed by atoms with E-state index >= 15 is 0 Å². The van der Waals surface area contributed by atoms with Gasteiger partial charge in [0.05, 0.1) is 0 Å². The molecule has 0 fully saturated rings. The number of hydrogen-bond donors (Lipinski definition) is 0. The zero-order valence-corrected chi connectivity index (χ0v) is 7.94. The summed E-state index contributed by atoms with van der Waals surface area (Å²) >= 11 is 5.71. The van der Waals surface area contributed by atoms with E-state index in [1.54, 1.807) is 0 Å². The number of hydrogen-bond acceptors (Lipinski definition) is 3. The average molecular weight is 185 g/mol. The van der Waals surface area contributed by atoms with Crippen LogP contribution in [-0.2, 0) is 0 Å². The van der Waals surface area contributed by atoms with Gasteiger partial charge in [-0.2, -0.15) is 0 Å². The summed E-state index contributed by atoms with van der Waals surface area (Å²) in [6.07, 6.45) is 0. The van der Waals surface area contributed by atoms with Crippen molar-refractivity contribution in [2.45, 2.75) is 20.8 Å². The van der Waals surface area contributed by atoms with Crippen LogP contribution in [0.4, 0.5) is 0 Å². The van der Waals surface area contributed by atoms with Crippen molar-refractivity contribution in [2.24, 2.45) is 0 Å². The Bertz CT molecular complexity index is 336. The van der Waals surface area contributed by atoms with Crippen molar-refractivity contribution in [1.29, 1.82) is 0 Å². The molecule has 0 atom stereocenters. The molecule has 0 saturated carbocycles. The highest BCUT2D eigenvalue weighted by molar-refractivity contribution is 6.30. The second-order valence-electron chi connectivity index (χ2n) is 2.65. The molecule has 0 aliphatic heterocycles. The Labute approximate surface area is 75.8 Å². The molecule has 0 bridgehead atoms. The molecular weight excluding hydrogens is 176 g/mol. The number of aromatic nitrogens is 2. The number of halogens is 1. The molecule has 0 spiro atoms. The summed E-state index contributed by atoms with van der Waals surface area (Å²) in [5.74, 6) is -0.0835. The first kappa shape index (κ1) is 9.13. The van der Waals surface area contributed by atoms with Crippen LogP contribution in [0, 0.1) is 13.8 Å². The van der Waals surface area contributed by atoms with E-state index < -0.39 is 0 Å². The molecule has 0 aromatic carbocycles. The van der Waals surface area contributed by atoms with Crippen LogP contribution in [0.3, 0.4) is 0 Å². The summed E-state index contributed by atoms with van der Waals surface area (Å²) < 4.78 is 0. The van der Waals surface area contributed by atoms with Gasteiger partial charge in [-0.15, -0.1) is 10.2 Å². The Morgan fingerprint density at radius 3 is 2.33 bits per heavy atom. The smallest absolute Gasteiger partial charge is 0.180 e. The molecule has 0 amide bonds. The Morgan fingerprint density at radius 1 is 1.25 bits per heavy atom. The van der Waals surface area contributed by atoms with E-state index in [9.17, 15) is 4.79 Å². The van der Waals surface area contributed by atoms with E-state index in [4.69, 9.17) is 11.6 Å². The summed E-state index contributed by atoms with van der Waals surface area (Å²) in [6.45, 7) is 5.09. The van der Waals surface area contributed by atoms with Gasteiger partial charge in [-0.3, -0.25) is 4.79 Å². The molecule has 1 aromatic heterocycles. The Morgan fingerprint density at radius 2 is 1.83 bits per heavy atom. The average Bonchev–Trinajstić information content (AvgIpc) is 2.00. The Balaban J connectivity index is 3.36. The molecular formula is C8H9ClN2O. The molecule has 1 rings (SSSR count). The second-order valence-corrected chi connectivity index (χ2v) is 3.00. The first-order valence-corrected chi connectivity index (χ1v) is 3.92. The molecule has 0 aliphatic rings. The Kier molecular flexibility index (Phi) is 2.43. The zero-order chi connectivity index (χ0) is 9.30. The highest BCUT2D eigenvalue weighted by atomic mass is 35.5. The number of Topliss-reactive ketones (excluding diaryl/α,β-unsaturated/α-hetero) is 1. The maximum atomic E-state index is 11.0. The fourth-order valence-corrected chi connectivity index (χ4v) is 1.09. The minimum atomic E-state index is -0.0835. The number of nitrogens with zero attached hydrogens (tertiary/aromatic N) is 2. The van der Waals surface area contributed by atoms with Crippen LogP contribution in [0.2, 0.25) is 5.15 Å². The van der Waals surface area contributed by atoms with Crippen molar-refractivity contribution >= 4 is 17.4 Å². The maximum Gasteiger partial charge on any atom is 0.180 e. The number of ketones is 1. The molecule has 1 aromatic rings. The monoisotopic (exact) mass is 184 g/mol. The topological polar surface area (TPSA) is 42.9 Å². The summed E-state index contributed by atoms with van der Waals surface area (Å²) in [5, 5.41) is 7.72. The van der Waals surface area contributed by atoms with Gasteiger partial charge in [-0.05, 0) is 25.0 Å². The zero-order valence-electron chi connectivity index (χ0n) is 7.18. The molecule has 0 N–H and O–H groups in total. The SMILES string of the molecule is CC(=O)c1nnc(Cl)c(C)c1C. The quantitative estimate of drug-likeness (QED) is 0.627. The van der Waals surface area contributed by atoms with E-state index in [-0.39, 0.29) is 5.78 Å². The fraction of sp³-hybridized carbons (Fsp3) is 0.375. The van der Waals surface area contributed by atoms with Gasteiger partial charge in [-0.25, -0.2) is 0 Å². The molecule has 1 heterocycles. The number of carbonyl (C=O) groups is 1. The third-order valence-corrected chi connectivity index (χ3v) is 2.16. The summed E-state index contributed by atoms with van der Waals surface area (Å²) in [6, 6.07) is 0. The first-order chi connectivity index (χ1) is 5.54. The van der Waals surface area contributed by atoms with Crippen LogP contribution in [0.1, 0.15) is 28.5 Å². The number of rotatable bonds is 1. The van der Waals surface area contributed by atoms with Gasteiger partial charge in [0.2, 0.25) is 0 Å². The van der Waals surface area contributed by atoms with Gasteiger partial charge in [0.1, 0.15) is 5.69 Å². The third kappa shape index (κ3) is 1.46. The van der Waals surface area contributed by atoms with Crippen molar-refractivity contribution in [3.05, 3.63) is 22.0 Å². The molecule has 64 valence electrons. The largest absolute Gasteiger partial charge is 0.293 e. The molecule has 0 saturated heterocycles. The lowest BCUT2D eigenvalue weighted by Gasteiger charge is -2.03. The van der Waals surface area contributed by atoms with Crippen LogP contribution < -0.4 is 0 Å². The molecule has 0 aliphatic carbocycles. The highest BCUT2D eigenvalue weighted by Crippen LogP contribution is 2.17. The standard InChI is InChI=1S/C8H9ClN2O/c1-4-5(2)8(9)11-10-7(4)6(3)12/h1-3H3. The summed E-state index contributed by atoms with van der Waals surface area (Å²) in [4.78, 5) is 11.0. The maximum absolute atomic E-state index is 11.0. The van der Waals surface area contributed by atoms with Crippen molar-refractivity contribution < 1.29 is 4.79 Å². The van der Waals surface area contributed by atoms with Crippen molar-refractivity contribution in [3.63, 3.8) is 0 Å². The molecule has 0 radical (unpaired) electrons. The van der Waals surface area contributed by atoms with Crippen LogP contribution in [0.25, 0.3) is 0 Å².